The Bertz CT molecular complexity index is 1520. The van der Waals surface area contributed by atoms with Crippen molar-refractivity contribution in [3.8, 4) is 0 Å². The Kier molecular flexibility index (Phi) is 11.7. The van der Waals surface area contributed by atoms with Crippen LogP contribution in [0.3, 0.4) is 0 Å². The number of nitrogens with one attached hydrogen (secondary N) is 2. The van der Waals surface area contributed by atoms with Crippen LogP contribution in [-0.2, 0) is 27.4 Å². The van der Waals surface area contributed by atoms with Gasteiger partial charge in [-0.15, -0.1) is 13.9 Å². The maximum atomic E-state index is 12.5. The summed E-state index contributed by atoms with van der Waals surface area (Å²) in [7, 11) is -3.82. The van der Waals surface area contributed by atoms with E-state index in [-0.39, 0.29) is 43.8 Å². The molecule has 0 atom stereocenters. The number of anilines is 2. The van der Waals surface area contributed by atoms with Crippen molar-refractivity contribution in [2.75, 3.05) is 9.73 Å². The molecule has 1 aliphatic rings. The number of carboxylic acids is 1. The molecule has 0 amide bonds. The topological polar surface area (TPSA) is 174 Å². The molecule has 1 aliphatic heterocycles. The standard InChI is InChI=1S/C21H19N7O3S3.C2H4O2.Pb/c1-13-12-18(25-31-13)26-34(29,30)17-10-8-15(9-11-17)23-27-33-21(32)19-14(2)24-28(20(19)22)16-6-4-3-5-7-16;1-2(3)4;/h3-12,22,32H,1-2H3,(H,25,26);1H3,(H,3,4);/p-1/b21-19-,22-20?,27-23?;;. The zero-order valence-electron chi connectivity index (χ0n) is 20.8. The number of carbonyl (C=O) groups is 1. The van der Waals surface area contributed by atoms with Crippen LogP contribution in [0.15, 0.2) is 94.6 Å². The molecule has 2 aromatic carbocycles. The molecule has 1 aromatic heterocycles. The molecule has 4 radical (unpaired) electrons. The quantitative estimate of drug-likeness (QED) is 0.131. The fraction of sp³-hybridized carbons (Fsp3) is 0.130. The van der Waals surface area contributed by atoms with Gasteiger partial charge in [0.15, 0.2) is 11.7 Å². The summed E-state index contributed by atoms with van der Waals surface area (Å²) in [5.41, 5.74) is 2.33. The number of rotatable bonds is 7. The number of hydrogen-bond donors (Lipinski definition) is 3. The maximum absolute atomic E-state index is 12.5. The predicted octanol–water partition coefficient (Wildman–Crippen LogP) is 4.86. The number of benzene rings is 2. The van der Waals surface area contributed by atoms with Crippen molar-refractivity contribution in [3.05, 3.63) is 76.2 Å². The van der Waals surface area contributed by atoms with Crippen LogP contribution in [0.2, 0.25) is 0 Å². The summed E-state index contributed by atoms with van der Waals surface area (Å²) in [5, 5.41) is 29.5. The van der Waals surface area contributed by atoms with Crippen LogP contribution in [0.1, 0.15) is 19.6 Å². The first kappa shape index (κ1) is 32.1. The number of aromatic nitrogens is 1. The Morgan fingerprint density at radius 2 is 1.77 bits per heavy atom. The fourth-order valence-corrected chi connectivity index (χ4v) is 4.85. The number of hydrogen-bond acceptors (Lipinski definition) is 11. The molecule has 0 aliphatic carbocycles. The van der Waals surface area contributed by atoms with E-state index in [1.54, 1.807) is 13.8 Å². The number of para-hydroxylation sites is 1. The van der Waals surface area contributed by atoms with E-state index < -0.39 is 16.0 Å². The van der Waals surface area contributed by atoms with Gasteiger partial charge in [0.2, 0.25) is 0 Å². The summed E-state index contributed by atoms with van der Waals surface area (Å²) in [4.78, 5) is 9.04. The number of aryl methyl sites for hydroxylation is 1. The second kappa shape index (κ2) is 14.3. The number of carboxylic acid groups (broad SMARTS) is 1. The normalized spacial score (nSPS) is 14.3. The van der Waals surface area contributed by atoms with Crippen molar-refractivity contribution >= 4 is 96.6 Å². The first-order chi connectivity index (χ1) is 18.0. The molecule has 0 fully saturated rings. The molecule has 12 nitrogen and oxygen atoms in total. The molecule has 0 spiro atoms. The molecule has 0 unspecified atom stereocenters. The average Bonchev–Trinajstić information content (AvgIpc) is 3.40. The van der Waals surface area contributed by atoms with Gasteiger partial charge in [-0.3, -0.25) is 14.9 Å². The molecule has 4 rings (SSSR count). The molecule has 0 bridgehead atoms. The van der Waals surface area contributed by atoms with Crippen molar-refractivity contribution in [3.63, 3.8) is 0 Å². The molecular weight excluding hydrogens is 758 g/mol. The van der Waals surface area contributed by atoms with E-state index in [4.69, 9.17) is 32.5 Å². The van der Waals surface area contributed by atoms with Gasteiger partial charge in [0.25, 0.3) is 16.0 Å². The predicted molar refractivity (Wildman–Crippen MR) is 154 cm³/mol. The summed E-state index contributed by atoms with van der Waals surface area (Å²) in [6, 6.07) is 16.7. The van der Waals surface area contributed by atoms with Crippen LogP contribution in [0.5, 0.6) is 0 Å². The summed E-state index contributed by atoms with van der Waals surface area (Å²) in [6.45, 7) is 4.53. The van der Waals surface area contributed by atoms with E-state index in [2.05, 4.69) is 24.6 Å². The van der Waals surface area contributed by atoms with Gasteiger partial charge in [0.05, 0.1) is 22.0 Å². The van der Waals surface area contributed by atoms with Crippen LogP contribution in [0, 0.1) is 12.3 Å². The van der Waals surface area contributed by atoms with E-state index >= 15 is 0 Å². The van der Waals surface area contributed by atoms with E-state index in [0.717, 1.165) is 24.6 Å². The zero-order valence-corrected chi connectivity index (χ0v) is 27.2. The summed E-state index contributed by atoms with van der Waals surface area (Å²) < 4.78 is 36.5. The summed E-state index contributed by atoms with van der Waals surface area (Å²) >= 11 is 6.38. The van der Waals surface area contributed by atoms with Crippen LogP contribution in [-0.4, -0.2) is 63.5 Å². The Morgan fingerprint density at radius 1 is 1.15 bits per heavy atom. The Labute approximate surface area is 254 Å². The van der Waals surface area contributed by atoms with Gasteiger partial charge in [-0.05, 0) is 50.2 Å². The molecule has 0 saturated carbocycles. The van der Waals surface area contributed by atoms with Crippen LogP contribution >= 0.6 is 11.9 Å². The number of hydrazone groups is 1. The largest absolute Gasteiger partial charge is 0.770 e. The molecule has 3 aromatic rings. The number of amidine groups is 1. The number of sulfonamides is 1. The van der Waals surface area contributed by atoms with Gasteiger partial charge >= 0.3 is 0 Å². The monoisotopic (exact) mass is 780 g/mol. The van der Waals surface area contributed by atoms with Gasteiger partial charge in [0, 0.05) is 57.8 Å². The smallest absolute Gasteiger partial charge is 0.300 e. The van der Waals surface area contributed by atoms with Crippen molar-refractivity contribution in [2.45, 2.75) is 25.7 Å². The Balaban J connectivity index is 0.000000998. The van der Waals surface area contributed by atoms with Gasteiger partial charge < -0.3 is 22.3 Å². The van der Waals surface area contributed by atoms with E-state index in [1.165, 1.54) is 35.3 Å². The molecule has 16 heteroatoms. The average molecular weight is 780 g/mol. The molecule has 0 saturated heterocycles. The van der Waals surface area contributed by atoms with Gasteiger partial charge in [-0.1, -0.05) is 23.4 Å². The van der Waals surface area contributed by atoms with Crippen LogP contribution in [0.4, 0.5) is 17.2 Å². The molecule has 3 N–H and O–H groups in total. The van der Waals surface area contributed by atoms with E-state index in [0.29, 0.717) is 27.0 Å². The van der Waals surface area contributed by atoms with Crippen LogP contribution < -0.4 is 9.73 Å². The van der Waals surface area contributed by atoms with Gasteiger partial charge in [-0.25, -0.2) is 13.4 Å². The van der Waals surface area contributed by atoms with E-state index in [9.17, 15) is 8.42 Å². The summed E-state index contributed by atoms with van der Waals surface area (Å²) in [5.74, 6) is -0.0735. The van der Waals surface area contributed by atoms with Gasteiger partial charge in [-0.2, -0.15) is 5.10 Å². The minimum absolute atomic E-state index is 0. The zero-order chi connectivity index (χ0) is 27.9. The van der Waals surface area contributed by atoms with Crippen molar-refractivity contribution in [2.24, 2.45) is 14.7 Å². The van der Waals surface area contributed by atoms with Crippen LogP contribution in [0.25, 0.3) is 0 Å². The third-order valence-electron chi connectivity index (χ3n) is 4.56. The molecular formula is C23H22N7O5PbS3-. The molecule has 2 heterocycles. The molecule has 39 heavy (non-hydrogen) atoms. The van der Waals surface area contributed by atoms with Gasteiger partial charge in [0.1, 0.15) is 5.76 Å². The third-order valence-corrected chi connectivity index (χ3v) is 6.89. The summed E-state index contributed by atoms with van der Waals surface area (Å²) in [6.07, 6.45) is 0. The van der Waals surface area contributed by atoms with Crippen molar-refractivity contribution in [1.29, 1.82) is 5.41 Å². The number of aliphatic carboxylic acids is 1. The van der Waals surface area contributed by atoms with Crippen molar-refractivity contribution in [1.82, 2.24) is 5.16 Å². The maximum Gasteiger partial charge on any atom is 0.300 e. The van der Waals surface area contributed by atoms with Crippen molar-refractivity contribution < 1.29 is 22.8 Å². The third kappa shape index (κ3) is 8.94. The first-order valence-electron chi connectivity index (χ1n) is 10.7. The number of nitrogens with zero attached hydrogens (tertiary/aromatic N) is 5. The Hall–Kier alpha value is -3.16. The second-order valence-corrected chi connectivity index (χ2v) is 10.7. The fourth-order valence-electron chi connectivity index (χ4n) is 2.98. The minimum Gasteiger partial charge on any atom is -0.770 e. The second-order valence-electron chi connectivity index (χ2n) is 7.56. The SMILES string of the molecule is CC(=O)O.CC1=NN(c2ccccc2)C(=N)/C1=C(/[S-])SN=Nc1ccc(S(=O)(=O)Nc2cc(C)on2)cc1.[Pb]. The Morgan fingerprint density at radius 3 is 2.33 bits per heavy atom. The minimum atomic E-state index is -3.82. The first-order valence-corrected chi connectivity index (χ1v) is 13.4. The van der Waals surface area contributed by atoms with E-state index in [1.807, 2.05) is 30.3 Å². The molecule has 202 valence electrons.